The Morgan fingerprint density at radius 1 is 1.18 bits per heavy atom. The highest BCUT2D eigenvalue weighted by Gasteiger charge is 2.25. The normalized spacial score (nSPS) is 15.1. The van der Waals surface area contributed by atoms with Crippen molar-refractivity contribution in [3.05, 3.63) is 68.9 Å². The van der Waals surface area contributed by atoms with Crippen LogP contribution in [0.2, 0.25) is 0 Å². The number of aryl methyl sites for hydroxylation is 2. The van der Waals surface area contributed by atoms with Crippen LogP contribution in [0.4, 0.5) is 0 Å². The molecule has 0 bridgehead atoms. The fourth-order valence-electron chi connectivity index (χ4n) is 3.77. The number of aromatic nitrogens is 2. The Kier molecular flexibility index (Phi) is 5.48. The zero-order valence-corrected chi connectivity index (χ0v) is 17.9. The van der Waals surface area contributed by atoms with Gasteiger partial charge in [-0.15, -0.1) is 11.3 Å². The van der Waals surface area contributed by atoms with Gasteiger partial charge >= 0.3 is 0 Å². The second-order valence-corrected chi connectivity index (χ2v) is 8.70. The number of imidazole rings is 1. The minimum atomic E-state index is 0.159. The second kappa shape index (κ2) is 8.03. The fourth-order valence-corrected chi connectivity index (χ4v) is 4.75. The molecule has 4 rings (SSSR count). The Labute approximate surface area is 174 Å². The molecular formula is C21H25N4OS2+. The molecule has 5 nitrogen and oxygen atoms in total. The van der Waals surface area contributed by atoms with Gasteiger partial charge in [0, 0.05) is 12.4 Å². The molecule has 0 atom stereocenters. The van der Waals surface area contributed by atoms with Gasteiger partial charge in [0.1, 0.15) is 0 Å². The van der Waals surface area contributed by atoms with E-state index >= 15 is 0 Å². The maximum atomic E-state index is 12.5. The van der Waals surface area contributed by atoms with E-state index in [4.69, 9.17) is 12.2 Å². The molecule has 0 saturated carbocycles. The maximum Gasteiger partial charge on any atom is 0.264 e. The van der Waals surface area contributed by atoms with Gasteiger partial charge in [-0.05, 0) is 49.1 Å². The quantitative estimate of drug-likeness (QED) is 0.668. The van der Waals surface area contributed by atoms with Crippen LogP contribution in [0.5, 0.6) is 0 Å². The summed E-state index contributed by atoms with van der Waals surface area (Å²) in [6.07, 6.45) is 4.12. The smallest absolute Gasteiger partial charge is 0.264 e. The molecule has 1 fully saturated rings. The SMILES string of the molecule is Cc1ccc(-n2ccn(C[NH+]3CCN(C(=O)c4cccs4)CC3)c2=S)c(C)c1. The molecule has 1 aliphatic rings. The van der Waals surface area contributed by atoms with Gasteiger partial charge in [-0.1, -0.05) is 23.8 Å². The number of quaternary nitrogens is 1. The standard InChI is InChI=1S/C21H24N4OS2/c1-16-5-6-18(17(2)14-16)25-12-11-24(21(25)27)15-22-7-9-23(10-8-22)20(26)19-4-3-13-28-19/h3-6,11-14H,7-10,15H2,1-2H3/p+1. The van der Waals surface area contributed by atoms with Crippen molar-refractivity contribution in [3.8, 4) is 5.69 Å². The molecule has 2 aromatic heterocycles. The molecule has 1 N–H and O–H groups in total. The lowest BCUT2D eigenvalue weighted by atomic mass is 10.1. The van der Waals surface area contributed by atoms with Crippen molar-refractivity contribution in [1.82, 2.24) is 14.0 Å². The highest BCUT2D eigenvalue weighted by atomic mass is 32.1. The average molecular weight is 414 g/mol. The minimum Gasteiger partial charge on any atom is -0.327 e. The van der Waals surface area contributed by atoms with Crippen molar-refractivity contribution >= 4 is 29.5 Å². The molecule has 1 saturated heterocycles. The highest BCUT2D eigenvalue weighted by molar-refractivity contribution is 7.71. The van der Waals surface area contributed by atoms with Gasteiger partial charge in [-0.25, -0.2) is 0 Å². The molecule has 28 heavy (non-hydrogen) atoms. The summed E-state index contributed by atoms with van der Waals surface area (Å²) in [6.45, 7) is 8.51. The van der Waals surface area contributed by atoms with Crippen LogP contribution in [0.1, 0.15) is 20.8 Å². The molecule has 1 amide bonds. The number of hydrogen-bond donors (Lipinski definition) is 1. The number of hydrogen-bond acceptors (Lipinski definition) is 3. The van der Waals surface area contributed by atoms with Gasteiger partial charge in [0.25, 0.3) is 5.91 Å². The van der Waals surface area contributed by atoms with Crippen molar-refractivity contribution in [2.75, 3.05) is 26.2 Å². The summed E-state index contributed by atoms with van der Waals surface area (Å²) in [5.74, 6) is 0.159. The second-order valence-electron chi connectivity index (χ2n) is 7.39. The molecular weight excluding hydrogens is 388 g/mol. The predicted octanol–water partition coefficient (Wildman–Crippen LogP) is 2.69. The minimum absolute atomic E-state index is 0.159. The number of benzene rings is 1. The Hall–Kier alpha value is -2.22. The van der Waals surface area contributed by atoms with E-state index in [9.17, 15) is 4.79 Å². The van der Waals surface area contributed by atoms with E-state index < -0.39 is 0 Å². The zero-order chi connectivity index (χ0) is 19.7. The maximum absolute atomic E-state index is 12.5. The highest BCUT2D eigenvalue weighted by Crippen LogP contribution is 2.17. The molecule has 146 valence electrons. The van der Waals surface area contributed by atoms with E-state index in [0.29, 0.717) is 0 Å². The van der Waals surface area contributed by atoms with Crippen LogP contribution in [-0.4, -0.2) is 46.1 Å². The van der Waals surface area contributed by atoms with Crippen LogP contribution in [0.15, 0.2) is 48.1 Å². The van der Waals surface area contributed by atoms with Crippen molar-refractivity contribution in [3.63, 3.8) is 0 Å². The van der Waals surface area contributed by atoms with Gasteiger partial charge in [-0.2, -0.15) is 0 Å². The van der Waals surface area contributed by atoms with Crippen LogP contribution in [-0.2, 0) is 6.67 Å². The number of carbonyl (C=O) groups excluding carboxylic acids is 1. The van der Waals surface area contributed by atoms with Gasteiger partial charge in [0.2, 0.25) is 0 Å². The molecule has 1 aliphatic heterocycles. The summed E-state index contributed by atoms with van der Waals surface area (Å²) in [5.41, 5.74) is 3.62. The van der Waals surface area contributed by atoms with Gasteiger partial charge in [0.05, 0.1) is 36.7 Å². The Morgan fingerprint density at radius 2 is 1.96 bits per heavy atom. The van der Waals surface area contributed by atoms with E-state index in [0.717, 1.165) is 48.2 Å². The van der Waals surface area contributed by atoms with Crippen molar-refractivity contribution in [1.29, 1.82) is 0 Å². The first kappa shape index (κ1) is 19.1. The largest absolute Gasteiger partial charge is 0.327 e. The van der Waals surface area contributed by atoms with Crippen molar-refractivity contribution in [2.24, 2.45) is 0 Å². The molecule has 0 unspecified atom stereocenters. The number of amides is 1. The van der Waals surface area contributed by atoms with Crippen LogP contribution >= 0.6 is 23.6 Å². The summed E-state index contributed by atoms with van der Waals surface area (Å²) in [5, 5.41) is 1.96. The number of rotatable bonds is 4. The number of thiophene rings is 1. The summed E-state index contributed by atoms with van der Waals surface area (Å²) < 4.78 is 5.04. The number of nitrogens with zero attached hydrogens (tertiary/aromatic N) is 3. The molecule has 0 aliphatic carbocycles. The molecule has 3 aromatic rings. The summed E-state index contributed by atoms with van der Waals surface area (Å²) in [7, 11) is 0. The van der Waals surface area contributed by atoms with Crippen LogP contribution in [0.3, 0.4) is 0 Å². The molecule has 3 heterocycles. The van der Waals surface area contributed by atoms with E-state index in [1.165, 1.54) is 27.4 Å². The lowest BCUT2D eigenvalue weighted by Crippen LogP contribution is -3.14. The lowest BCUT2D eigenvalue weighted by Gasteiger charge is -2.32. The average Bonchev–Trinajstić information content (AvgIpc) is 3.34. The molecule has 7 heteroatoms. The Bertz CT molecular complexity index is 1030. The summed E-state index contributed by atoms with van der Waals surface area (Å²) >= 11 is 7.25. The Balaban J connectivity index is 1.42. The predicted molar refractivity (Wildman–Crippen MR) is 115 cm³/mol. The van der Waals surface area contributed by atoms with Crippen molar-refractivity contribution in [2.45, 2.75) is 20.5 Å². The third-order valence-corrected chi connectivity index (χ3v) is 6.63. The fraction of sp³-hybridized carbons (Fsp3) is 0.333. The third-order valence-electron chi connectivity index (χ3n) is 5.34. The molecule has 1 aromatic carbocycles. The van der Waals surface area contributed by atoms with Crippen LogP contribution in [0, 0.1) is 18.6 Å². The Morgan fingerprint density at radius 3 is 2.64 bits per heavy atom. The zero-order valence-electron chi connectivity index (χ0n) is 16.2. The summed E-state index contributed by atoms with van der Waals surface area (Å²) in [6, 6.07) is 10.3. The van der Waals surface area contributed by atoms with Crippen molar-refractivity contribution < 1.29 is 9.69 Å². The first-order chi connectivity index (χ1) is 13.5. The number of carbonyl (C=O) groups is 1. The number of nitrogens with one attached hydrogen (secondary N) is 1. The lowest BCUT2D eigenvalue weighted by molar-refractivity contribution is -0.926. The van der Waals surface area contributed by atoms with E-state index in [1.807, 2.05) is 22.4 Å². The van der Waals surface area contributed by atoms with E-state index in [1.54, 1.807) is 0 Å². The monoisotopic (exact) mass is 413 g/mol. The molecule has 0 radical (unpaired) electrons. The third kappa shape index (κ3) is 3.83. The van der Waals surface area contributed by atoms with Crippen LogP contribution < -0.4 is 4.90 Å². The van der Waals surface area contributed by atoms with E-state index in [-0.39, 0.29) is 5.91 Å². The van der Waals surface area contributed by atoms with Gasteiger partial charge in [0.15, 0.2) is 11.4 Å². The molecule has 0 spiro atoms. The van der Waals surface area contributed by atoms with Gasteiger partial charge < -0.3 is 9.80 Å². The van der Waals surface area contributed by atoms with E-state index in [2.05, 4.69) is 53.6 Å². The summed E-state index contributed by atoms with van der Waals surface area (Å²) in [4.78, 5) is 16.7. The number of piperazine rings is 1. The first-order valence-corrected chi connectivity index (χ1v) is 10.8. The van der Waals surface area contributed by atoms with Crippen LogP contribution in [0.25, 0.3) is 5.69 Å². The van der Waals surface area contributed by atoms with Gasteiger partial charge in [-0.3, -0.25) is 13.9 Å². The topological polar surface area (TPSA) is 34.6 Å². The first-order valence-electron chi connectivity index (χ1n) is 9.54.